The zero-order chi connectivity index (χ0) is 15.4. The molecule has 0 aliphatic carbocycles. The van der Waals surface area contributed by atoms with E-state index >= 15 is 0 Å². The number of halogens is 1. The van der Waals surface area contributed by atoms with Crippen molar-refractivity contribution in [3.8, 4) is 0 Å². The first-order chi connectivity index (χ1) is 9.97. The van der Waals surface area contributed by atoms with E-state index in [1.54, 1.807) is 12.1 Å². The van der Waals surface area contributed by atoms with Crippen LogP contribution in [0.3, 0.4) is 0 Å². The minimum Gasteiger partial charge on any atom is -0.346 e. The average molecular weight is 305 g/mol. The number of benzene rings is 2. The fourth-order valence-corrected chi connectivity index (χ4v) is 2.07. The number of carbonyl (C=O) groups is 1. The molecule has 0 unspecified atom stereocenters. The van der Waals surface area contributed by atoms with E-state index < -0.39 is 4.92 Å². The zero-order valence-electron chi connectivity index (χ0n) is 11.2. The van der Waals surface area contributed by atoms with Crippen LogP contribution in [-0.4, -0.2) is 10.8 Å². The van der Waals surface area contributed by atoms with Crippen LogP contribution in [0.25, 0.3) is 0 Å². The molecule has 0 aliphatic rings. The maximum atomic E-state index is 12.1. The molecule has 6 heteroatoms. The first-order valence-electron chi connectivity index (χ1n) is 6.28. The van der Waals surface area contributed by atoms with Crippen LogP contribution in [0.1, 0.15) is 28.9 Å². The molecule has 0 bridgehead atoms. The molecule has 0 aliphatic heterocycles. The Balaban J connectivity index is 2.08. The molecular formula is C15H13ClN2O3. The van der Waals surface area contributed by atoms with E-state index in [9.17, 15) is 14.9 Å². The Morgan fingerprint density at radius 2 is 1.90 bits per heavy atom. The minimum absolute atomic E-state index is 0.0468. The van der Waals surface area contributed by atoms with Crippen molar-refractivity contribution in [1.82, 2.24) is 5.32 Å². The van der Waals surface area contributed by atoms with Gasteiger partial charge in [-0.1, -0.05) is 23.7 Å². The number of nitrogens with one attached hydrogen (secondary N) is 1. The SMILES string of the molecule is C[C@H](NC(=O)c1ccc([N+](=O)[O-])cc1)c1cccc(Cl)c1. The van der Waals surface area contributed by atoms with Gasteiger partial charge in [0.25, 0.3) is 11.6 Å². The molecule has 2 aromatic rings. The highest BCUT2D eigenvalue weighted by atomic mass is 35.5. The van der Waals surface area contributed by atoms with E-state index in [1.165, 1.54) is 24.3 Å². The van der Waals surface area contributed by atoms with Gasteiger partial charge in [-0.15, -0.1) is 0 Å². The normalized spacial score (nSPS) is 11.7. The Morgan fingerprint density at radius 3 is 2.48 bits per heavy atom. The number of hydrogen-bond donors (Lipinski definition) is 1. The number of rotatable bonds is 4. The monoisotopic (exact) mass is 304 g/mol. The summed E-state index contributed by atoms with van der Waals surface area (Å²) in [5.41, 5.74) is 1.21. The number of hydrogen-bond acceptors (Lipinski definition) is 3. The molecule has 108 valence electrons. The summed E-state index contributed by atoms with van der Waals surface area (Å²) in [5.74, 6) is -0.294. The Hall–Kier alpha value is -2.40. The third-order valence-corrected chi connectivity index (χ3v) is 3.27. The molecule has 1 atom stereocenters. The van der Waals surface area contributed by atoms with Gasteiger partial charge in [-0.2, -0.15) is 0 Å². The van der Waals surface area contributed by atoms with Crippen LogP contribution in [0.4, 0.5) is 5.69 Å². The van der Waals surface area contributed by atoms with Crippen molar-refractivity contribution in [2.24, 2.45) is 0 Å². The summed E-state index contributed by atoms with van der Waals surface area (Å²) in [6, 6.07) is 12.5. The molecule has 21 heavy (non-hydrogen) atoms. The molecule has 0 aromatic heterocycles. The van der Waals surface area contributed by atoms with E-state index in [2.05, 4.69) is 5.32 Å². The fourth-order valence-electron chi connectivity index (χ4n) is 1.87. The number of nitrogens with zero attached hydrogens (tertiary/aromatic N) is 1. The molecule has 2 aromatic carbocycles. The number of amides is 1. The first kappa shape index (κ1) is 15.0. The quantitative estimate of drug-likeness (QED) is 0.691. The molecule has 0 fully saturated rings. The third kappa shape index (κ3) is 3.79. The molecule has 0 saturated heterocycles. The highest BCUT2D eigenvalue weighted by Crippen LogP contribution is 2.18. The van der Waals surface area contributed by atoms with E-state index in [1.807, 2.05) is 19.1 Å². The molecule has 1 amide bonds. The van der Waals surface area contributed by atoms with Crippen LogP contribution in [-0.2, 0) is 0 Å². The Bertz CT molecular complexity index is 671. The molecule has 2 rings (SSSR count). The Morgan fingerprint density at radius 1 is 1.24 bits per heavy atom. The van der Waals surface area contributed by atoms with Crippen molar-refractivity contribution < 1.29 is 9.72 Å². The van der Waals surface area contributed by atoms with E-state index in [0.717, 1.165) is 5.56 Å². The average Bonchev–Trinajstić information content (AvgIpc) is 2.47. The second-order valence-electron chi connectivity index (χ2n) is 4.55. The minimum atomic E-state index is -0.504. The maximum absolute atomic E-state index is 12.1. The predicted octanol–water partition coefficient (Wildman–Crippen LogP) is 3.74. The standard InChI is InChI=1S/C15H13ClN2O3/c1-10(12-3-2-4-13(16)9-12)17-15(19)11-5-7-14(8-6-11)18(20)21/h2-10H,1H3,(H,17,19)/t10-/m0/s1. The number of nitro groups is 1. The summed E-state index contributed by atoms with van der Waals surface area (Å²) < 4.78 is 0. The number of nitro benzene ring substituents is 1. The molecule has 0 radical (unpaired) electrons. The third-order valence-electron chi connectivity index (χ3n) is 3.04. The van der Waals surface area contributed by atoms with Gasteiger partial charge in [-0.05, 0) is 36.8 Å². The van der Waals surface area contributed by atoms with Gasteiger partial charge in [0, 0.05) is 22.7 Å². The first-order valence-corrected chi connectivity index (χ1v) is 6.66. The summed E-state index contributed by atoms with van der Waals surface area (Å²) >= 11 is 5.91. The molecular weight excluding hydrogens is 292 g/mol. The van der Waals surface area contributed by atoms with Gasteiger partial charge < -0.3 is 5.32 Å². The van der Waals surface area contributed by atoms with Crippen LogP contribution < -0.4 is 5.32 Å². The lowest BCUT2D eigenvalue weighted by Gasteiger charge is -2.14. The summed E-state index contributed by atoms with van der Waals surface area (Å²) in [5, 5.41) is 14.0. The second kappa shape index (κ2) is 6.37. The molecule has 1 N–H and O–H groups in total. The molecule has 0 saturated carbocycles. The van der Waals surface area contributed by atoms with Gasteiger partial charge in [-0.25, -0.2) is 0 Å². The lowest BCUT2D eigenvalue weighted by Crippen LogP contribution is -2.26. The topological polar surface area (TPSA) is 72.2 Å². The van der Waals surface area contributed by atoms with Crippen molar-refractivity contribution in [2.45, 2.75) is 13.0 Å². The largest absolute Gasteiger partial charge is 0.346 e. The van der Waals surface area contributed by atoms with E-state index in [-0.39, 0.29) is 17.6 Å². The van der Waals surface area contributed by atoms with Crippen LogP contribution in [0.2, 0.25) is 5.02 Å². The van der Waals surface area contributed by atoms with Crippen LogP contribution in [0.15, 0.2) is 48.5 Å². The summed E-state index contributed by atoms with van der Waals surface area (Å²) in [6.07, 6.45) is 0. The maximum Gasteiger partial charge on any atom is 0.269 e. The predicted molar refractivity (Wildman–Crippen MR) is 80.4 cm³/mol. The summed E-state index contributed by atoms with van der Waals surface area (Å²) in [4.78, 5) is 22.1. The molecule has 5 nitrogen and oxygen atoms in total. The zero-order valence-corrected chi connectivity index (χ0v) is 12.0. The van der Waals surface area contributed by atoms with Crippen molar-refractivity contribution >= 4 is 23.2 Å². The van der Waals surface area contributed by atoms with Gasteiger partial charge in [0.2, 0.25) is 0 Å². The van der Waals surface area contributed by atoms with Gasteiger partial charge >= 0.3 is 0 Å². The Kier molecular flexibility index (Phi) is 4.55. The van der Waals surface area contributed by atoms with Crippen molar-refractivity contribution in [3.63, 3.8) is 0 Å². The van der Waals surface area contributed by atoms with Crippen LogP contribution in [0.5, 0.6) is 0 Å². The van der Waals surface area contributed by atoms with Crippen molar-refractivity contribution in [3.05, 3.63) is 74.8 Å². The van der Waals surface area contributed by atoms with Crippen LogP contribution >= 0.6 is 11.6 Å². The Labute approximate surface area is 126 Å². The number of non-ortho nitro benzene ring substituents is 1. The highest BCUT2D eigenvalue weighted by Gasteiger charge is 2.13. The van der Waals surface area contributed by atoms with Crippen LogP contribution in [0, 0.1) is 10.1 Å². The molecule has 0 heterocycles. The van der Waals surface area contributed by atoms with E-state index in [0.29, 0.717) is 10.6 Å². The highest BCUT2D eigenvalue weighted by molar-refractivity contribution is 6.30. The van der Waals surface area contributed by atoms with Gasteiger partial charge in [0.15, 0.2) is 0 Å². The fraction of sp³-hybridized carbons (Fsp3) is 0.133. The van der Waals surface area contributed by atoms with Gasteiger partial charge in [0.1, 0.15) is 0 Å². The smallest absolute Gasteiger partial charge is 0.269 e. The van der Waals surface area contributed by atoms with Crippen molar-refractivity contribution in [1.29, 1.82) is 0 Å². The van der Waals surface area contributed by atoms with Crippen molar-refractivity contribution in [2.75, 3.05) is 0 Å². The summed E-state index contributed by atoms with van der Waals surface area (Å²) in [6.45, 7) is 1.84. The second-order valence-corrected chi connectivity index (χ2v) is 4.99. The lowest BCUT2D eigenvalue weighted by molar-refractivity contribution is -0.384. The molecule has 0 spiro atoms. The van der Waals surface area contributed by atoms with Gasteiger partial charge in [0.05, 0.1) is 11.0 Å². The van der Waals surface area contributed by atoms with Gasteiger partial charge in [-0.3, -0.25) is 14.9 Å². The lowest BCUT2D eigenvalue weighted by atomic mass is 10.1. The number of carbonyl (C=O) groups excluding carboxylic acids is 1. The summed E-state index contributed by atoms with van der Waals surface area (Å²) in [7, 11) is 0. The van der Waals surface area contributed by atoms with E-state index in [4.69, 9.17) is 11.6 Å².